The van der Waals surface area contributed by atoms with Crippen molar-refractivity contribution in [1.29, 1.82) is 0 Å². The molecule has 0 bridgehead atoms. The minimum Gasteiger partial charge on any atom is -0.463 e. The van der Waals surface area contributed by atoms with E-state index in [0.717, 1.165) is 0 Å². The number of aliphatic hydroxyl groups is 21. The predicted molar refractivity (Wildman–Crippen MR) is 254 cm³/mol. The monoisotopic (exact) mass is 1200 g/mol. The molecule has 476 valence electrons. The van der Waals surface area contributed by atoms with Crippen molar-refractivity contribution in [3.8, 4) is 0 Å². The summed E-state index contributed by atoms with van der Waals surface area (Å²) in [6.45, 7) is -2.22. The third kappa shape index (κ3) is 14.2. The van der Waals surface area contributed by atoms with Gasteiger partial charge in [0.2, 0.25) is 0 Å². The molecule has 0 aromatic heterocycles. The summed E-state index contributed by atoms with van der Waals surface area (Å²) in [5, 5.41) is 228. The Morgan fingerprint density at radius 3 is 1.33 bits per heavy atom. The van der Waals surface area contributed by atoms with Gasteiger partial charge in [-0.2, -0.15) is 0 Å². The van der Waals surface area contributed by atoms with E-state index in [0.29, 0.717) is 6.42 Å². The third-order valence-electron chi connectivity index (χ3n) is 15.5. The van der Waals surface area contributed by atoms with Crippen LogP contribution in [0.5, 0.6) is 0 Å². The van der Waals surface area contributed by atoms with Gasteiger partial charge in [-0.25, -0.2) is 0 Å². The lowest BCUT2D eigenvalue weighted by Crippen LogP contribution is -2.69. The molecule has 7 rings (SSSR count). The van der Waals surface area contributed by atoms with Gasteiger partial charge in [0.25, 0.3) is 0 Å². The third-order valence-corrected chi connectivity index (χ3v) is 15.5. The maximum Gasteiger partial charge on any atom is 0.305 e. The molecule has 0 saturated carbocycles. The first kappa shape index (κ1) is 67.4. The average Bonchev–Trinajstić information content (AvgIpc) is 2.97. The van der Waals surface area contributed by atoms with Gasteiger partial charge in [0.1, 0.15) is 159 Å². The van der Waals surface area contributed by atoms with Gasteiger partial charge in [0.05, 0.1) is 51.2 Å². The summed E-state index contributed by atoms with van der Waals surface area (Å²) >= 11 is 0. The quantitative estimate of drug-likeness (QED) is 0.0375. The first-order chi connectivity index (χ1) is 38.8. The van der Waals surface area contributed by atoms with Gasteiger partial charge in [-0.05, 0) is 18.9 Å². The lowest BCUT2D eigenvalue weighted by molar-refractivity contribution is -0.391. The van der Waals surface area contributed by atoms with E-state index in [-0.39, 0.29) is 12.0 Å². The van der Waals surface area contributed by atoms with Gasteiger partial charge in [-0.3, -0.25) is 4.79 Å². The summed E-state index contributed by atoms with van der Waals surface area (Å²) in [6.07, 6.45) is -58.0. The molecule has 0 spiro atoms. The highest BCUT2D eigenvalue weighted by molar-refractivity contribution is 5.69. The lowest BCUT2D eigenvalue weighted by atomic mass is 9.86. The van der Waals surface area contributed by atoms with Crippen LogP contribution in [0, 0.1) is 0 Å². The Balaban J connectivity index is 0.997. The summed E-state index contributed by atoms with van der Waals surface area (Å²) in [5.41, 5.74) is -0.106. The molecule has 6 aliphatic heterocycles. The smallest absolute Gasteiger partial charge is 0.305 e. The van der Waals surface area contributed by atoms with Crippen molar-refractivity contribution in [1.82, 2.24) is 5.32 Å². The Morgan fingerprint density at radius 1 is 0.451 bits per heavy atom. The molecule has 34 atom stereocenters. The number of carbonyl (C=O) groups is 1. The van der Waals surface area contributed by atoms with Gasteiger partial charge in [0.15, 0.2) is 37.7 Å². The van der Waals surface area contributed by atoms with Crippen LogP contribution in [0.25, 0.3) is 0 Å². The highest BCUT2D eigenvalue weighted by Gasteiger charge is 2.57. The fraction of sp³-hybridized carbons (Fsp3) is 0.936. The van der Waals surface area contributed by atoms with E-state index in [9.17, 15) is 112 Å². The number of hydrogen-bond donors (Lipinski definition) is 22. The van der Waals surface area contributed by atoms with Crippen molar-refractivity contribution < 1.29 is 169 Å². The first-order valence-electron chi connectivity index (χ1n) is 26.6. The summed E-state index contributed by atoms with van der Waals surface area (Å²) in [7, 11) is 0. The van der Waals surface area contributed by atoms with Crippen molar-refractivity contribution in [2.75, 3.05) is 39.6 Å². The minimum atomic E-state index is -2.20. The van der Waals surface area contributed by atoms with Gasteiger partial charge in [-0.1, -0.05) is 13.0 Å². The molecular weight excluding hydrogens is 1120 g/mol. The average molecular weight is 1200 g/mol. The van der Waals surface area contributed by atoms with Crippen LogP contribution in [0.4, 0.5) is 0 Å². The zero-order chi connectivity index (χ0) is 60.3. The Labute approximate surface area is 466 Å². The highest BCUT2D eigenvalue weighted by Crippen LogP contribution is 2.37. The van der Waals surface area contributed by atoms with Gasteiger partial charge in [-0.15, -0.1) is 0 Å². The Bertz CT molecular complexity index is 2010. The second kappa shape index (κ2) is 29.3. The number of nitrogens with one attached hydrogen (secondary N) is 1. The molecule has 22 N–H and O–H groups in total. The molecule has 7 aliphatic rings. The van der Waals surface area contributed by atoms with Crippen LogP contribution in [-0.4, -0.2) is 361 Å². The van der Waals surface area contributed by atoms with E-state index in [1.807, 2.05) is 0 Å². The van der Waals surface area contributed by atoms with E-state index in [1.54, 1.807) is 6.92 Å². The standard InChI is InChI=1S/C47H79NO34/c1-3-4-20(54)71-11-19-41(82-43-32(65)24(57)21(12(2)72-43)48-14-5-13(6-49)37(26(59)22(14)55)78-44-33(66)25(58)23(56)15(7-50)74-44)30(63)36(69)47(77-19)81-40-18(10-53)76-46(35(68)29(40)62)80-39-17(9-52)75-45(34(67)28(39)61)79-38-16(8-51)73-42(70)31(64)27(38)60/h5,12,14-19,21-53,55-70H,3-4,6-11H2,1-2H3/t12-,14+,15-,16-,17-,18-,19-,21-,22+,23+,24+,25+,26-,27-,28-,29-,30-,31-,32-,33-,34-,35-,36-,37-,38-,39-,40-,41-,42+,43-,44-,45-,46-,47-/m1/s1. The second-order valence-electron chi connectivity index (χ2n) is 21.0. The summed E-state index contributed by atoms with van der Waals surface area (Å²) < 4.78 is 67.5. The van der Waals surface area contributed by atoms with E-state index < -0.39 is 254 Å². The number of carbonyl (C=O) groups excluding carboxylic acids is 1. The maximum atomic E-state index is 12.6. The Kier molecular flexibility index (Phi) is 24.1. The second-order valence-corrected chi connectivity index (χ2v) is 21.0. The van der Waals surface area contributed by atoms with Crippen molar-refractivity contribution in [3.63, 3.8) is 0 Å². The molecule has 1 aliphatic carbocycles. The van der Waals surface area contributed by atoms with Gasteiger partial charge >= 0.3 is 5.97 Å². The fourth-order valence-corrected chi connectivity index (χ4v) is 10.7. The molecule has 0 aromatic rings. The zero-order valence-electron chi connectivity index (χ0n) is 44.1. The zero-order valence-corrected chi connectivity index (χ0v) is 44.1. The summed E-state index contributed by atoms with van der Waals surface area (Å²) in [4.78, 5) is 12.6. The van der Waals surface area contributed by atoms with Crippen LogP contribution in [0.1, 0.15) is 26.7 Å². The molecule has 0 aromatic carbocycles. The van der Waals surface area contributed by atoms with Gasteiger partial charge in [0, 0.05) is 6.42 Å². The normalized spacial score (nSPS) is 50.4. The van der Waals surface area contributed by atoms with Crippen LogP contribution < -0.4 is 5.32 Å². The molecule has 6 fully saturated rings. The van der Waals surface area contributed by atoms with Crippen molar-refractivity contribution in [3.05, 3.63) is 11.6 Å². The van der Waals surface area contributed by atoms with E-state index in [2.05, 4.69) is 5.32 Å². The Hall–Kier alpha value is -2.11. The molecular formula is C47H79NO34. The van der Waals surface area contributed by atoms with Crippen LogP contribution in [0.2, 0.25) is 0 Å². The number of rotatable bonds is 21. The van der Waals surface area contributed by atoms with Crippen LogP contribution >= 0.6 is 0 Å². The number of aliphatic hydroxyl groups excluding tert-OH is 21. The van der Waals surface area contributed by atoms with Crippen molar-refractivity contribution in [2.45, 2.75) is 235 Å². The number of esters is 1. The van der Waals surface area contributed by atoms with Crippen molar-refractivity contribution >= 4 is 5.97 Å². The topological polar surface area (TPSA) is 565 Å². The van der Waals surface area contributed by atoms with E-state index >= 15 is 0 Å². The van der Waals surface area contributed by atoms with Crippen LogP contribution in [0.15, 0.2) is 11.6 Å². The van der Waals surface area contributed by atoms with Crippen molar-refractivity contribution in [2.24, 2.45) is 0 Å². The largest absolute Gasteiger partial charge is 0.463 e. The maximum absolute atomic E-state index is 12.6. The van der Waals surface area contributed by atoms with E-state index in [1.165, 1.54) is 13.0 Å². The molecule has 82 heavy (non-hydrogen) atoms. The molecule has 35 nitrogen and oxygen atoms in total. The molecule has 0 radical (unpaired) electrons. The SMILES string of the molecule is CCCC(=O)OC[C@H]1O[C@H](O[C@H]2[C@H](O)[C@@H](O)[C@@H](O[C@H]3[C@H](O)[C@@H](O)[C@@H](O[C@H]4[C@H](O)[C@@H](O)[C@@H](O)O[C@@H]4CO)O[C@@H]3CO)O[C@@H]2CO)[C@H](O)[C@@H](O)[C@@H]1O[C@H]1O[C@H](C)[C@@H](N[C@H]2C=C(CO)[C@@H](O[C@H]3O[C@H](CO)[C@H](O)[C@H](O)[C@H]3O)[C@H](O)[C@H]2O)[C@H](O)[C@H]1O. The number of hydrogen-bond acceptors (Lipinski definition) is 35. The highest BCUT2D eigenvalue weighted by atomic mass is 16.8. The van der Waals surface area contributed by atoms with Gasteiger partial charge < -0.3 is 169 Å². The van der Waals surface area contributed by atoms with Crippen LogP contribution in [0.3, 0.4) is 0 Å². The Morgan fingerprint density at radius 2 is 0.854 bits per heavy atom. The first-order valence-corrected chi connectivity index (χ1v) is 26.6. The molecule has 6 heterocycles. The summed E-state index contributed by atoms with van der Waals surface area (Å²) in [6, 6.07) is -2.66. The van der Waals surface area contributed by atoms with E-state index in [4.69, 9.17) is 56.8 Å². The van der Waals surface area contributed by atoms with Crippen LogP contribution in [-0.2, 0) is 61.6 Å². The summed E-state index contributed by atoms with van der Waals surface area (Å²) in [5.74, 6) is -0.762. The molecule has 0 unspecified atom stereocenters. The lowest BCUT2D eigenvalue weighted by Gasteiger charge is -2.50. The molecule has 0 amide bonds. The molecule has 35 heteroatoms. The molecule has 6 saturated heterocycles. The fourth-order valence-electron chi connectivity index (χ4n) is 10.7. The predicted octanol–water partition coefficient (Wildman–Crippen LogP) is -13.7. The number of ether oxygens (including phenoxy) is 12. The minimum absolute atomic E-state index is 0.0946.